The van der Waals surface area contributed by atoms with Gasteiger partial charge in [-0.3, -0.25) is 0 Å². The molecule has 0 N–H and O–H groups in total. The first-order valence-corrected chi connectivity index (χ1v) is 12.7. The highest BCUT2D eigenvalue weighted by atomic mass is 14.9. The van der Waals surface area contributed by atoms with Crippen LogP contribution in [0, 0.1) is 5.92 Å². The maximum Gasteiger partial charge on any atom is 0.131 e. The average Bonchev–Trinajstić information content (AvgIpc) is 2.80. The maximum atomic E-state index is 4.76. The van der Waals surface area contributed by atoms with Crippen molar-refractivity contribution in [1.82, 2.24) is 9.97 Å². The molecule has 1 heterocycles. The quantitative estimate of drug-likeness (QED) is 0.335. The summed E-state index contributed by atoms with van der Waals surface area (Å²) in [5, 5.41) is 0. The maximum absolute atomic E-state index is 4.76. The van der Waals surface area contributed by atoms with E-state index in [1.807, 2.05) is 0 Å². The zero-order valence-electron chi connectivity index (χ0n) is 19.4. The van der Waals surface area contributed by atoms with Crippen LogP contribution in [-0.4, -0.2) is 9.97 Å². The van der Waals surface area contributed by atoms with Crippen molar-refractivity contribution in [2.45, 2.75) is 110 Å². The van der Waals surface area contributed by atoms with E-state index in [9.17, 15) is 0 Å². The van der Waals surface area contributed by atoms with Crippen molar-refractivity contribution in [1.29, 1.82) is 0 Å². The zero-order chi connectivity index (χ0) is 21.0. The summed E-state index contributed by atoms with van der Waals surface area (Å²) in [5.74, 6) is 2.62. The number of unbranched alkanes of at least 4 members (excludes halogenated alkanes) is 4. The van der Waals surface area contributed by atoms with Crippen LogP contribution in [0.5, 0.6) is 0 Å². The van der Waals surface area contributed by atoms with Gasteiger partial charge in [0.15, 0.2) is 0 Å². The van der Waals surface area contributed by atoms with Gasteiger partial charge in [0.05, 0.1) is 0 Å². The third kappa shape index (κ3) is 7.52. The van der Waals surface area contributed by atoms with Crippen LogP contribution in [0.25, 0.3) is 0 Å². The van der Waals surface area contributed by atoms with Crippen LogP contribution in [0.4, 0.5) is 0 Å². The Labute approximate surface area is 184 Å². The first kappa shape index (κ1) is 23.0. The normalized spacial score (nSPS) is 19.1. The van der Waals surface area contributed by atoms with Gasteiger partial charge in [-0.15, -0.1) is 0 Å². The minimum Gasteiger partial charge on any atom is -0.241 e. The molecule has 0 amide bonds. The second kappa shape index (κ2) is 12.9. The SMILES string of the molecule is CCCCCc1ccc(CCc2cnc([C@H]3CC[C@H](CCCCC)CC3)nc2)cc1. The monoisotopic (exact) mass is 406 g/mol. The summed E-state index contributed by atoms with van der Waals surface area (Å²) in [4.78, 5) is 9.52. The fraction of sp³-hybridized carbons (Fsp3) is 0.643. The molecule has 1 aromatic carbocycles. The summed E-state index contributed by atoms with van der Waals surface area (Å²) in [6.45, 7) is 4.56. The minimum atomic E-state index is 0.585. The van der Waals surface area contributed by atoms with Gasteiger partial charge in [0.25, 0.3) is 0 Å². The number of hydrogen-bond acceptors (Lipinski definition) is 2. The first-order valence-electron chi connectivity index (χ1n) is 12.7. The predicted octanol–water partition coefficient (Wildman–Crippen LogP) is 7.85. The molecular weight excluding hydrogens is 364 g/mol. The summed E-state index contributed by atoms with van der Waals surface area (Å²) >= 11 is 0. The standard InChI is InChI=1S/C28H42N2/c1-3-5-7-9-23-11-13-25(14-12-23)15-16-26-21-29-28(30-22-26)27-19-17-24(18-20-27)10-8-6-4-2/h11-14,21-22,24,27H,3-10,15-20H2,1-2H3/t24-,27-. The van der Waals surface area contributed by atoms with E-state index in [0.717, 1.165) is 24.6 Å². The molecule has 0 unspecified atom stereocenters. The van der Waals surface area contributed by atoms with Gasteiger partial charge in [-0.25, -0.2) is 9.97 Å². The molecule has 0 aliphatic heterocycles. The van der Waals surface area contributed by atoms with E-state index in [-0.39, 0.29) is 0 Å². The van der Waals surface area contributed by atoms with Gasteiger partial charge in [-0.05, 0) is 74.0 Å². The number of hydrogen-bond donors (Lipinski definition) is 0. The van der Waals surface area contributed by atoms with E-state index < -0.39 is 0 Å². The molecule has 2 nitrogen and oxygen atoms in total. The van der Waals surface area contributed by atoms with Crippen LogP contribution < -0.4 is 0 Å². The highest BCUT2D eigenvalue weighted by molar-refractivity contribution is 5.23. The van der Waals surface area contributed by atoms with Crippen LogP contribution in [0.1, 0.15) is 113 Å². The second-order valence-corrected chi connectivity index (χ2v) is 9.44. The van der Waals surface area contributed by atoms with Crippen LogP contribution in [0.15, 0.2) is 36.7 Å². The van der Waals surface area contributed by atoms with Gasteiger partial charge in [0.1, 0.15) is 5.82 Å². The Bertz CT molecular complexity index is 696. The molecule has 1 aliphatic carbocycles. The van der Waals surface area contributed by atoms with Crippen molar-refractivity contribution in [3.63, 3.8) is 0 Å². The number of benzene rings is 1. The summed E-state index contributed by atoms with van der Waals surface area (Å²) in [7, 11) is 0. The highest BCUT2D eigenvalue weighted by Gasteiger charge is 2.23. The number of aromatic nitrogens is 2. The number of rotatable bonds is 12. The van der Waals surface area contributed by atoms with Crippen LogP contribution >= 0.6 is 0 Å². The molecule has 0 saturated heterocycles. The summed E-state index contributed by atoms with van der Waals surface area (Å²) in [6.07, 6.45) is 22.3. The molecule has 0 atom stereocenters. The van der Waals surface area contributed by atoms with Crippen molar-refractivity contribution < 1.29 is 0 Å². The fourth-order valence-corrected chi connectivity index (χ4v) is 4.84. The Kier molecular flexibility index (Phi) is 9.86. The van der Waals surface area contributed by atoms with Crippen molar-refractivity contribution in [2.24, 2.45) is 5.92 Å². The molecule has 2 aromatic rings. The Morgan fingerprint density at radius 3 is 1.87 bits per heavy atom. The summed E-state index contributed by atoms with van der Waals surface area (Å²) in [6, 6.07) is 9.22. The molecule has 164 valence electrons. The molecule has 30 heavy (non-hydrogen) atoms. The fourth-order valence-electron chi connectivity index (χ4n) is 4.84. The highest BCUT2D eigenvalue weighted by Crippen LogP contribution is 2.36. The summed E-state index contributed by atoms with van der Waals surface area (Å²) < 4.78 is 0. The molecule has 3 rings (SSSR count). The molecule has 0 radical (unpaired) electrons. The number of nitrogens with zero attached hydrogens (tertiary/aromatic N) is 2. The predicted molar refractivity (Wildman–Crippen MR) is 128 cm³/mol. The van der Waals surface area contributed by atoms with Gasteiger partial charge in [0.2, 0.25) is 0 Å². The van der Waals surface area contributed by atoms with Gasteiger partial charge in [-0.2, -0.15) is 0 Å². The van der Waals surface area contributed by atoms with E-state index in [0.29, 0.717) is 5.92 Å². The van der Waals surface area contributed by atoms with E-state index in [2.05, 4.69) is 50.5 Å². The van der Waals surface area contributed by atoms with Gasteiger partial charge in [-0.1, -0.05) is 76.6 Å². The Morgan fingerprint density at radius 1 is 0.667 bits per heavy atom. The van der Waals surface area contributed by atoms with Crippen LogP contribution in [0.3, 0.4) is 0 Å². The largest absolute Gasteiger partial charge is 0.241 e. The molecular formula is C28H42N2. The number of aryl methyl sites for hydroxylation is 3. The molecule has 2 heteroatoms. The lowest BCUT2D eigenvalue weighted by molar-refractivity contribution is 0.297. The van der Waals surface area contributed by atoms with Crippen LogP contribution in [-0.2, 0) is 19.3 Å². The molecule has 1 aromatic heterocycles. The third-order valence-corrected chi connectivity index (χ3v) is 6.95. The van der Waals surface area contributed by atoms with Crippen molar-refractivity contribution in [3.8, 4) is 0 Å². The van der Waals surface area contributed by atoms with E-state index >= 15 is 0 Å². The van der Waals surface area contributed by atoms with Gasteiger partial charge >= 0.3 is 0 Å². The molecule has 0 spiro atoms. The topological polar surface area (TPSA) is 25.8 Å². The van der Waals surface area contributed by atoms with Gasteiger partial charge in [0, 0.05) is 18.3 Å². The molecule has 1 aliphatic rings. The Hall–Kier alpha value is -1.70. The first-order chi connectivity index (χ1) is 14.8. The lowest BCUT2D eigenvalue weighted by Crippen LogP contribution is -2.15. The Balaban J connectivity index is 1.40. The third-order valence-electron chi connectivity index (χ3n) is 6.95. The molecule has 1 fully saturated rings. The van der Waals surface area contributed by atoms with Crippen LogP contribution in [0.2, 0.25) is 0 Å². The van der Waals surface area contributed by atoms with Crippen molar-refractivity contribution in [3.05, 3.63) is 59.2 Å². The molecule has 0 bridgehead atoms. The van der Waals surface area contributed by atoms with Crippen molar-refractivity contribution in [2.75, 3.05) is 0 Å². The van der Waals surface area contributed by atoms with E-state index in [4.69, 9.17) is 9.97 Å². The zero-order valence-corrected chi connectivity index (χ0v) is 19.4. The van der Waals surface area contributed by atoms with Gasteiger partial charge < -0.3 is 0 Å². The lowest BCUT2D eigenvalue weighted by atomic mass is 9.79. The summed E-state index contributed by atoms with van der Waals surface area (Å²) in [5.41, 5.74) is 4.15. The smallest absolute Gasteiger partial charge is 0.131 e. The van der Waals surface area contributed by atoms with E-state index in [1.165, 1.54) is 93.7 Å². The minimum absolute atomic E-state index is 0.585. The van der Waals surface area contributed by atoms with E-state index in [1.54, 1.807) is 0 Å². The second-order valence-electron chi connectivity index (χ2n) is 9.44. The average molecular weight is 407 g/mol. The van der Waals surface area contributed by atoms with Crippen molar-refractivity contribution >= 4 is 0 Å². The molecule has 1 saturated carbocycles. The lowest BCUT2D eigenvalue weighted by Gasteiger charge is -2.27. The Morgan fingerprint density at radius 2 is 1.23 bits per heavy atom.